The fraction of sp³-hybridized carbons (Fsp3) is 0.519. The first-order valence-corrected chi connectivity index (χ1v) is 11.6. The topological polar surface area (TPSA) is 93.8 Å². The van der Waals surface area contributed by atoms with Gasteiger partial charge < -0.3 is 25.6 Å². The molecule has 3 rings (SSSR count). The first-order valence-electron chi connectivity index (χ1n) is 11.6. The minimum absolute atomic E-state index is 0.233. The molecule has 0 unspecified atom stereocenters. The van der Waals surface area contributed by atoms with Gasteiger partial charge in [-0.1, -0.05) is 51.1 Å². The van der Waals surface area contributed by atoms with Crippen molar-refractivity contribution >= 4 is 11.8 Å². The van der Waals surface area contributed by atoms with E-state index in [1.807, 2.05) is 83.1 Å². The molecule has 180 valence electrons. The molecule has 6 heteroatoms. The molecule has 2 aromatic rings. The van der Waals surface area contributed by atoms with E-state index in [4.69, 9.17) is 15.2 Å². The minimum Gasteiger partial charge on any atom is -0.484 e. The molecule has 1 heterocycles. The minimum atomic E-state index is -1.58. The molecule has 1 aliphatic rings. The molecule has 4 N–H and O–H groups in total. The summed E-state index contributed by atoms with van der Waals surface area (Å²) in [6.07, 6.45) is -0.0528. The molecule has 0 saturated carbocycles. The van der Waals surface area contributed by atoms with E-state index < -0.39 is 28.3 Å². The third-order valence-electron chi connectivity index (χ3n) is 6.69. The average Bonchev–Trinajstić information content (AvgIpc) is 2.69. The lowest BCUT2D eigenvalue weighted by Gasteiger charge is -2.61. The second-order valence-electron chi connectivity index (χ2n) is 10.8. The van der Waals surface area contributed by atoms with Gasteiger partial charge >= 0.3 is 6.09 Å². The Morgan fingerprint density at radius 2 is 1.79 bits per heavy atom. The zero-order valence-electron chi connectivity index (χ0n) is 20.9. The highest BCUT2D eigenvalue weighted by Crippen LogP contribution is 2.61. The van der Waals surface area contributed by atoms with E-state index in [0.29, 0.717) is 24.2 Å². The maximum atomic E-state index is 12.5. The van der Waals surface area contributed by atoms with Gasteiger partial charge in [-0.05, 0) is 58.2 Å². The van der Waals surface area contributed by atoms with Crippen LogP contribution in [0.5, 0.6) is 5.75 Å². The molecule has 2 aromatic carbocycles. The zero-order chi connectivity index (χ0) is 24.7. The number of amides is 1. The number of aliphatic hydroxyl groups is 1. The molecule has 1 aliphatic heterocycles. The quantitative estimate of drug-likeness (QED) is 0.545. The molecule has 0 fully saturated rings. The third kappa shape index (κ3) is 4.29. The highest BCUT2D eigenvalue weighted by atomic mass is 16.6. The van der Waals surface area contributed by atoms with Crippen molar-refractivity contribution in [3.05, 3.63) is 59.7 Å². The molecule has 0 spiro atoms. The standard InChI is InChI=1S/C27H38N2O4/c1-18(2)29-20-13-14-21-22(17-20)32-25(6,7)26(31,16-15-19-11-9-8-10-12-19)27(21,24(3,4)5)33-23(28)30/h8-14,17-18,29,31H,15-16H2,1-7H3,(H2,28,30)/t26-,27-/m1/s1. The van der Waals surface area contributed by atoms with Crippen LogP contribution in [0.15, 0.2) is 48.5 Å². The van der Waals surface area contributed by atoms with Crippen LogP contribution in [0, 0.1) is 5.41 Å². The maximum absolute atomic E-state index is 12.5. The molecule has 0 saturated heterocycles. The van der Waals surface area contributed by atoms with Crippen molar-refractivity contribution in [3.63, 3.8) is 0 Å². The first-order chi connectivity index (χ1) is 15.2. The Labute approximate surface area is 197 Å². The van der Waals surface area contributed by atoms with Crippen LogP contribution in [0.4, 0.5) is 10.5 Å². The lowest BCUT2D eigenvalue weighted by atomic mass is 9.55. The number of aryl methyl sites for hydroxylation is 1. The number of rotatable bonds is 6. The number of benzene rings is 2. The number of carbonyl (C=O) groups is 1. The molecule has 0 aliphatic carbocycles. The van der Waals surface area contributed by atoms with Gasteiger partial charge in [0.15, 0.2) is 5.60 Å². The number of primary amides is 1. The Morgan fingerprint density at radius 1 is 1.15 bits per heavy atom. The largest absolute Gasteiger partial charge is 0.484 e. The molecular weight excluding hydrogens is 416 g/mol. The molecular formula is C27H38N2O4. The zero-order valence-corrected chi connectivity index (χ0v) is 20.9. The van der Waals surface area contributed by atoms with E-state index >= 15 is 0 Å². The SMILES string of the molecule is CC(C)Nc1ccc2c(c1)OC(C)(C)[C@](O)(CCc1ccccc1)[C@]2(OC(N)=O)C(C)(C)C. The number of nitrogens with two attached hydrogens (primary N) is 1. The highest BCUT2D eigenvalue weighted by molar-refractivity contribution is 5.67. The van der Waals surface area contributed by atoms with Crippen LogP contribution in [0.2, 0.25) is 0 Å². The van der Waals surface area contributed by atoms with Crippen molar-refractivity contribution in [3.8, 4) is 5.75 Å². The smallest absolute Gasteiger partial charge is 0.405 e. The maximum Gasteiger partial charge on any atom is 0.405 e. The summed E-state index contributed by atoms with van der Waals surface area (Å²) in [5.41, 5.74) is 3.39. The van der Waals surface area contributed by atoms with Crippen LogP contribution in [-0.4, -0.2) is 28.4 Å². The predicted molar refractivity (Wildman–Crippen MR) is 131 cm³/mol. The molecule has 0 bridgehead atoms. The van der Waals surface area contributed by atoms with E-state index in [0.717, 1.165) is 11.3 Å². The summed E-state index contributed by atoms with van der Waals surface area (Å²) in [5, 5.41) is 15.9. The Morgan fingerprint density at radius 3 is 2.33 bits per heavy atom. The van der Waals surface area contributed by atoms with Gasteiger partial charge in [0.05, 0.1) is 0 Å². The second kappa shape index (κ2) is 8.56. The third-order valence-corrected chi connectivity index (χ3v) is 6.69. The number of nitrogens with one attached hydrogen (secondary N) is 1. The van der Waals surface area contributed by atoms with Crippen LogP contribution < -0.4 is 15.8 Å². The summed E-state index contributed by atoms with van der Waals surface area (Å²) in [5.74, 6) is 0.561. The summed E-state index contributed by atoms with van der Waals surface area (Å²) < 4.78 is 12.5. The molecule has 0 aromatic heterocycles. The number of fused-ring (bicyclic) bond motifs is 1. The van der Waals surface area contributed by atoms with E-state index in [9.17, 15) is 9.90 Å². The van der Waals surface area contributed by atoms with Crippen molar-refractivity contribution in [1.82, 2.24) is 0 Å². The van der Waals surface area contributed by atoms with Gasteiger partial charge in [-0.2, -0.15) is 0 Å². The molecule has 2 atom stereocenters. The number of carbonyl (C=O) groups excluding carboxylic acids is 1. The number of hydrogen-bond donors (Lipinski definition) is 3. The van der Waals surface area contributed by atoms with Crippen LogP contribution in [-0.2, 0) is 16.8 Å². The van der Waals surface area contributed by atoms with Crippen LogP contribution in [0.3, 0.4) is 0 Å². The Hall–Kier alpha value is -2.73. The number of anilines is 1. The summed E-state index contributed by atoms with van der Waals surface area (Å²) >= 11 is 0. The van der Waals surface area contributed by atoms with Crippen LogP contribution in [0.25, 0.3) is 0 Å². The highest BCUT2D eigenvalue weighted by Gasteiger charge is 2.71. The monoisotopic (exact) mass is 454 g/mol. The summed E-state index contributed by atoms with van der Waals surface area (Å²) in [7, 11) is 0. The van der Waals surface area contributed by atoms with Crippen molar-refractivity contribution in [1.29, 1.82) is 0 Å². The predicted octanol–water partition coefficient (Wildman–Crippen LogP) is 5.38. The van der Waals surface area contributed by atoms with E-state index in [1.165, 1.54) is 0 Å². The number of hydrogen-bond acceptors (Lipinski definition) is 5. The fourth-order valence-electron chi connectivity index (χ4n) is 5.24. The van der Waals surface area contributed by atoms with E-state index in [1.54, 1.807) is 0 Å². The summed E-state index contributed by atoms with van der Waals surface area (Å²) in [4.78, 5) is 12.4. The van der Waals surface area contributed by atoms with Gasteiger partial charge in [-0.25, -0.2) is 4.79 Å². The van der Waals surface area contributed by atoms with E-state index in [-0.39, 0.29) is 6.04 Å². The molecule has 0 radical (unpaired) electrons. The van der Waals surface area contributed by atoms with Gasteiger partial charge in [-0.3, -0.25) is 0 Å². The molecule has 1 amide bonds. The van der Waals surface area contributed by atoms with Crippen LogP contribution in [0.1, 0.15) is 66.0 Å². The van der Waals surface area contributed by atoms with Crippen LogP contribution >= 0.6 is 0 Å². The Balaban J connectivity index is 2.25. The lowest BCUT2D eigenvalue weighted by molar-refractivity contribution is -0.281. The van der Waals surface area contributed by atoms with Crippen molar-refractivity contribution in [2.75, 3.05) is 5.32 Å². The summed E-state index contributed by atoms with van der Waals surface area (Å²) in [6, 6.07) is 15.9. The Kier molecular flexibility index (Phi) is 6.46. The van der Waals surface area contributed by atoms with Crippen molar-refractivity contribution in [2.24, 2.45) is 11.1 Å². The number of ether oxygens (including phenoxy) is 2. The normalized spacial score (nSPS) is 24.0. The van der Waals surface area contributed by atoms with E-state index in [2.05, 4.69) is 19.2 Å². The molecule has 6 nitrogen and oxygen atoms in total. The second-order valence-corrected chi connectivity index (χ2v) is 10.8. The van der Waals surface area contributed by atoms with Crippen molar-refractivity contribution in [2.45, 2.75) is 84.2 Å². The van der Waals surface area contributed by atoms with Gasteiger partial charge in [0.1, 0.15) is 17.0 Å². The Bertz CT molecular complexity index is 997. The van der Waals surface area contributed by atoms with Gasteiger partial charge in [-0.15, -0.1) is 0 Å². The first kappa shape index (κ1) is 24.9. The van der Waals surface area contributed by atoms with Crippen molar-refractivity contribution < 1.29 is 19.4 Å². The fourth-order valence-corrected chi connectivity index (χ4v) is 5.24. The molecule has 33 heavy (non-hydrogen) atoms. The lowest BCUT2D eigenvalue weighted by Crippen LogP contribution is -2.73. The van der Waals surface area contributed by atoms with Gasteiger partial charge in [0, 0.05) is 28.8 Å². The van der Waals surface area contributed by atoms with Gasteiger partial charge in [0.2, 0.25) is 0 Å². The average molecular weight is 455 g/mol. The van der Waals surface area contributed by atoms with Gasteiger partial charge in [0.25, 0.3) is 0 Å². The summed E-state index contributed by atoms with van der Waals surface area (Å²) in [6.45, 7) is 13.7.